The van der Waals surface area contributed by atoms with E-state index in [0.29, 0.717) is 21.8 Å². The number of nitrogens with two attached hydrogens (primary N) is 1. The summed E-state index contributed by atoms with van der Waals surface area (Å²) in [6, 6.07) is 9.27. The summed E-state index contributed by atoms with van der Waals surface area (Å²) in [5, 5.41) is 0. The molecule has 1 aliphatic rings. The quantitative estimate of drug-likeness (QED) is 0.900. The van der Waals surface area contributed by atoms with Crippen molar-refractivity contribution in [3.8, 4) is 0 Å². The number of sulfonamides is 1. The fourth-order valence-electron chi connectivity index (χ4n) is 2.35. The zero-order valence-corrected chi connectivity index (χ0v) is 13.8. The molecule has 106 valence electrons. The van der Waals surface area contributed by atoms with Crippen LogP contribution >= 0.6 is 27.3 Å². The van der Waals surface area contributed by atoms with E-state index < -0.39 is 10.0 Å². The summed E-state index contributed by atoms with van der Waals surface area (Å²) in [7, 11) is -3.53. The highest BCUT2D eigenvalue weighted by Crippen LogP contribution is 2.38. The molecule has 3 rings (SSSR count). The van der Waals surface area contributed by atoms with Gasteiger partial charge in [-0.05, 0) is 40.0 Å². The molecule has 0 atom stereocenters. The topological polar surface area (TPSA) is 63.4 Å². The van der Waals surface area contributed by atoms with Crippen LogP contribution in [-0.2, 0) is 23.0 Å². The number of halogens is 1. The summed E-state index contributed by atoms with van der Waals surface area (Å²) in [6.07, 6.45) is 0.751. The van der Waals surface area contributed by atoms with Crippen LogP contribution < -0.4 is 10.0 Å². The van der Waals surface area contributed by atoms with Gasteiger partial charge in [-0.3, -0.25) is 4.31 Å². The van der Waals surface area contributed by atoms with E-state index in [4.69, 9.17) is 5.73 Å². The zero-order chi connectivity index (χ0) is 14.3. The molecule has 20 heavy (non-hydrogen) atoms. The number of para-hydroxylation sites is 1. The highest BCUT2D eigenvalue weighted by atomic mass is 79.9. The van der Waals surface area contributed by atoms with Crippen LogP contribution in [-0.4, -0.2) is 15.0 Å². The number of rotatable bonds is 3. The van der Waals surface area contributed by atoms with Crippen LogP contribution in [0.25, 0.3) is 0 Å². The first-order valence-corrected chi connectivity index (χ1v) is 9.18. The van der Waals surface area contributed by atoms with E-state index in [0.717, 1.165) is 22.5 Å². The Labute approximate surface area is 130 Å². The van der Waals surface area contributed by atoms with Crippen molar-refractivity contribution in [2.75, 3.05) is 10.8 Å². The maximum atomic E-state index is 12.8. The summed E-state index contributed by atoms with van der Waals surface area (Å²) in [4.78, 5) is 1.16. The molecule has 0 saturated heterocycles. The molecular formula is C13H13BrN2O2S2. The molecule has 1 aromatic heterocycles. The molecule has 0 amide bonds. The third-order valence-electron chi connectivity index (χ3n) is 3.32. The van der Waals surface area contributed by atoms with E-state index in [1.807, 2.05) is 24.3 Å². The molecule has 4 nitrogen and oxygen atoms in total. The Hall–Kier alpha value is -0.890. The van der Waals surface area contributed by atoms with Gasteiger partial charge < -0.3 is 5.73 Å². The first-order chi connectivity index (χ1) is 9.54. The number of thiophene rings is 1. The van der Waals surface area contributed by atoms with E-state index >= 15 is 0 Å². The lowest BCUT2D eigenvalue weighted by molar-refractivity contribution is 0.592. The maximum absolute atomic E-state index is 12.8. The van der Waals surface area contributed by atoms with Crippen molar-refractivity contribution < 1.29 is 8.42 Å². The average Bonchev–Trinajstić information content (AvgIpc) is 3.02. The minimum atomic E-state index is -3.53. The molecule has 0 aliphatic carbocycles. The predicted octanol–water partition coefficient (Wildman–Crippen LogP) is 2.72. The first kappa shape index (κ1) is 14.1. The van der Waals surface area contributed by atoms with Crippen LogP contribution in [0.15, 0.2) is 39.0 Å². The second-order valence-electron chi connectivity index (χ2n) is 4.51. The Morgan fingerprint density at radius 2 is 2.10 bits per heavy atom. The molecule has 0 spiro atoms. The lowest BCUT2D eigenvalue weighted by Crippen LogP contribution is -2.29. The second kappa shape index (κ2) is 5.14. The fraction of sp³-hybridized carbons (Fsp3) is 0.231. The highest BCUT2D eigenvalue weighted by molar-refractivity contribution is 9.11. The van der Waals surface area contributed by atoms with Gasteiger partial charge in [-0.2, -0.15) is 0 Å². The molecule has 2 heterocycles. The first-order valence-electron chi connectivity index (χ1n) is 6.13. The summed E-state index contributed by atoms with van der Waals surface area (Å²) in [5.41, 5.74) is 7.43. The number of benzene rings is 1. The summed E-state index contributed by atoms with van der Waals surface area (Å²) < 4.78 is 27.7. The molecule has 2 N–H and O–H groups in total. The maximum Gasteiger partial charge on any atom is 0.266 e. The fourth-order valence-corrected chi connectivity index (χ4v) is 6.37. The third-order valence-corrected chi connectivity index (χ3v) is 7.41. The number of hydrogen-bond acceptors (Lipinski definition) is 4. The molecule has 0 bridgehead atoms. The highest BCUT2D eigenvalue weighted by Gasteiger charge is 2.32. The summed E-state index contributed by atoms with van der Waals surface area (Å²) in [6.45, 7) is 0.831. The van der Waals surface area contributed by atoms with E-state index in [-0.39, 0.29) is 0 Å². The number of fused-ring (bicyclic) bond motifs is 1. The van der Waals surface area contributed by atoms with Gasteiger partial charge in [-0.15, -0.1) is 11.3 Å². The van der Waals surface area contributed by atoms with Crippen molar-refractivity contribution in [2.45, 2.75) is 17.9 Å². The third kappa shape index (κ3) is 2.18. The van der Waals surface area contributed by atoms with Gasteiger partial charge >= 0.3 is 0 Å². The van der Waals surface area contributed by atoms with Crippen LogP contribution in [0.2, 0.25) is 0 Å². The van der Waals surface area contributed by atoms with Gasteiger partial charge in [0.05, 0.1) is 9.47 Å². The largest absolute Gasteiger partial charge is 0.326 e. The van der Waals surface area contributed by atoms with Crippen molar-refractivity contribution >= 4 is 43.0 Å². The van der Waals surface area contributed by atoms with Crippen molar-refractivity contribution in [2.24, 2.45) is 5.73 Å². The van der Waals surface area contributed by atoms with Gasteiger partial charge in [0.25, 0.3) is 10.0 Å². The van der Waals surface area contributed by atoms with Gasteiger partial charge in [-0.1, -0.05) is 18.2 Å². The van der Waals surface area contributed by atoms with Gasteiger partial charge in [0.15, 0.2) is 0 Å². The van der Waals surface area contributed by atoms with Crippen LogP contribution in [0.5, 0.6) is 0 Å². The Morgan fingerprint density at radius 1 is 1.35 bits per heavy atom. The van der Waals surface area contributed by atoms with Crippen molar-refractivity contribution in [1.29, 1.82) is 0 Å². The molecule has 0 radical (unpaired) electrons. The molecule has 0 unspecified atom stereocenters. The molecule has 2 aromatic rings. The lowest BCUT2D eigenvalue weighted by atomic mass is 10.2. The molecule has 0 saturated carbocycles. The zero-order valence-electron chi connectivity index (χ0n) is 10.5. The predicted molar refractivity (Wildman–Crippen MR) is 84.6 cm³/mol. The number of nitrogens with zero attached hydrogens (tertiary/aromatic N) is 1. The Bertz CT molecular complexity index is 755. The monoisotopic (exact) mass is 372 g/mol. The van der Waals surface area contributed by atoms with Gasteiger partial charge in [-0.25, -0.2) is 8.42 Å². The Balaban J connectivity index is 2.07. The minimum absolute atomic E-state index is 0.305. The van der Waals surface area contributed by atoms with Gasteiger partial charge in [0.2, 0.25) is 0 Å². The summed E-state index contributed by atoms with van der Waals surface area (Å²) >= 11 is 4.71. The molecule has 1 aromatic carbocycles. The average molecular weight is 373 g/mol. The summed E-state index contributed by atoms with van der Waals surface area (Å²) in [5.74, 6) is 0. The van der Waals surface area contributed by atoms with Gasteiger partial charge in [0, 0.05) is 18.0 Å². The molecule has 7 heteroatoms. The van der Waals surface area contributed by atoms with E-state index in [1.54, 1.807) is 6.07 Å². The smallest absolute Gasteiger partial charge is 0.266 e. The molecular weight excluding hydrogens is 360 g/mol. The molecule has 0 fully saturated rings. The van der Waals surface area contributed by atoms with Crippen LogP contribution in [0.4, 0.5) is 5.69 Å². The van der Waals surface area contributed by atoms with Crippen molar-refractivity contribution in [3.63, 3.8) is 0 Å². The van der Waals surface area contributed by atoms with Crippen LogP contribution in [0.1, 0.15) is 10.4 Å². The van der Waals surface area contributed by atoms with E-state index in [9.17, 15) is 8.42 Å². The van der Waals surface area contributed by atoms with Gasteiger partial charge in [0.1, 0.15) is 4.90 Å². The normalized spacial score (nSPS) is 14.6. The Kier molecular flexibility index (Phi) is 3.62. The van der Waals surface area contributed by atoms with Crippen molar-refractivity contribution in [3.05, 3.63) is 44.6 Å². The standard InChI is InChI=1S/C13H13BrN2O2S2/c14-13-12(7-10(8-15)19-13)20(17,18)16-6-5-9-3-1-2-4-11(9)16/h1-4,7H,5-6,8,15H2. The van der Waals surface area contributed by atoms with Crippen molar-refractivity contribution in [1.82, 2.24) is 0 Å². The SMILES string of the molecule is NCc1cc(S(=O)(=O)N2CCc3ccccc32)c(Br)s1. The Morgan fingerprint density at radius 3 is 2.80 bits per heavy atom. The number of anilines is 1. The van der Waals surface area contributed by atoms with E-state index in [1.165, 1.54) is 15.6 Å². The van der Waals surface area contributed by atoms with Crippen LogP contribution in [0.3, 0.4) is 0 Å². The molecule has 1 aliphatic heterocycles. The van der Waals surface area contributed by atoms with E-state index in [2.05, 4.69) is 15.9 Å². The second-order valence-corrected chi connectivity index (χ2v) is 8.80. The van der Waals surface area contributed by atoms with Crippen LogP contribution in [0, 0.1) is 0 Å². The minimum Gasteiger partial charge on any atom is -0.326 e. The number of hydrogen-bond donors (Lipinski definition) is 1. The lowest BCUT2D eigenvalue weighted by Gasteiger charge is -2.19.